The molecule has 4 rings (SSSR count). The molecule has 1 aromatic carbocycles. The highest BCUT2D eigenvalue weighted by Crippen LogP contribution is 2.35. The highest BCUT2D eigenvalue weighted by Gasteiger charge is 2.43. The Kier molecular flexibility index (Phi) is 5.33. The quantitative estimate of drug-likeness (QED) is 0.734. The molecular formula is C24H28N4O2. The summed E-state index contributed by atoms with van der Waals surface area (Å²) in [5, 5.41) is 0. The molecule has 1 saturated heterocycles. The monoisotopic (exact) mass is 404 g/mol. The van der Waals surface area contributed by atoms with E-state index in [1.165, 1.54) is 4.90 Å². The summed E-state index contributed by atoms with van der Waals surface area (Å²) in [7, 11) is 0. The number of aryl methyl sites for hydroxylation is 2. The minimum absolute atomic E-state index is 0.182. The summed E-state index contributed by atoms with van der Waals surface area (Å²) in [6, 6.07) is 11.7. The first-order valence-electron chi connectivity index (χ1n) is 10.5. The fourth-order valence-corrected chi connectivity index (χ4v) is 4.33. The molecule has 0 atom stereocenters. The molecule has 0 unspecified atom stereocenters. The number of hydrogen-bond donors (Lipinski definition) is 0. The minimum Gasteiger partial charge on any atom is -0.363 e. The third-order valence-corrected chi connectivity index (χ3v) is 5.83. The molecule has 2 amide bonds. The number of hydrogen-bond acceptors (Lipinski definition) is 5. The van der Waals surface area contributed by atoms with Gasteiger partial charge in [-0.2, -0.15) is 0 Å². The fourth-order valence-electron chi connectivity index (χ4n) is 4.33. The number of aromatic nitrogens is 1. The SMILES string of the molecule is Cc1ccc(C2=C(N3CCN(c4ccccn4)CC3)C(=O)N(C(C)C)C2=O)c(C)c1. The topological polar surface area (TPSA) is 56.8 Å². The Bertz CT molecular complexity index is 1010. The van der Waals surface area contributed by atoms with Crippen molar-refractivity contribution in [3.8, 4) is 0 Å². The van der Waals surface area contributed by atoms with Crippen molar-refractivity contribution in [1.29, 1.82) is 0 Å². The van der Waals surface area contributed by atoms with Crippen molar-refractivity contribution >= 4 is 23.2 Å². The normalized spacial score (nSPS) is 17.6. The van der Waals surface area contributed by atoms with Crippen LogP contribution in [-0.4, -0.2) is 58.8 Å². The summed E-state index contributed by atoms with van der Waals surface area (Å²) < 4.78 is 0. The third kappa shape index (κ3) is 3.47. The minimum atomic E-state index is -0.191. The molecule has 2 aromatic rings. The highest BCUT2D eigenvalue weighted by atomic mass is 16.2. The van der Waals surface area contributed by atoms with Gasteiger partial charge in [-0.3, -0.25) is 14.5 Å². The van der Waals surface area contributed by atoms with Crippen LogP contribution in [-0.2, 0) is 9.59 Å². The zero-order valence-electron chi connectivity index (χ0n) is 18.1. The molecule has 6 nitrogen and oxygen atoms in total. The molecule has 0 N–H and O–H groups in total. The van der Waals surface area contributed by atoms with Gasteiger partial charge in [0.1, 0.15) is 11.5 Å². The van der Waals surface area contributed by atoms with Crippen molar-refractivity contribution in [2.45, 2.75) is 33.7 Å². The smallest absolute Gasteiger partial charge is 0.278 e. The Morgan fingerprint density at radius 3 is 2.20 bits per heavy atom. The maximum atomic E-state index is 13.3. The number of carbonyl (C=O) groups is 2. The largest absolute Gasteiger partial charge is 0.363 e. The molecule has 6 heteroatoms. The summed E-state index contributed by atoms with van der Waals surface area (Å²) in [6.45, 7) is 10.7. The van der Waals surface area contributed by atoms with Crippen molar-refractivity contribution in [3.63, 3.8) is 0 Å². The van der Waals surface area contributed by atoms with Gasteiger partial charge in [-0.05, 0) is 51.0 Å². The Morgan fingerprint density at radius 1 is 0.900 bits per heavy atom. The van der Waals surface area contributed by atoms with Crippen LogP contribution in [0.2, 0.25) is 0 Å². The lowest BCUT2D eigenvalue weighted by Crippen LogP contribution is -2.48. The molecule has 30 heavy (non-hydrogen) atoms. The number of anilines is 1. The maximum Gasteiger partial charge on any atom is 0.278 e. The van der Waals surface area contributed by atoms with Gasteiger partial charge in [0.25, 0.3) is 11.8 Å². The van der Waals surface area contributed by atoms with Gasteiger partial charge < -0.3 is 9.80 Å². The lowest BCUT2D eigenvalue weighted by molar-refractivity contribution is -0.139. The first kappa shape index (κ1) is 20.1. The van der Waals surface area contributed by atoms with Crippen LogP contribution in [0.4, 0.5) is 5.82 Å². The molecule has 2 aliphatic rings. The van der Waals surface area contributed by atoms with Gasteiger partial charge in [0.05, 0.1) is 5.57 Å². The molecule has 0 radical (unpaired) electrons. The van der Waals surface area contributed by atoms with Gasteiger partial charge in [-0.15, -0.1) is 0 Å². The van der Waals surface area contributed by atoms with E-state index in [0.29, 0.717) is 24.4 Å². The molecule has 0 spiro atoms. The number of pyridine rings is 1. The Balaban J connectivity index is 1.69. The number of rotatable bonds is 4. The van der Waals surface area contributed by atoms with Crippen LogP contribution in [0.25, 0.3) is 5.57 Å². The predicted octanol–water partition coefficient (Wildman–Crippen LogP) is 3.01. The first-order valence-corrected chi connectivity index (χ1v) is 10.5. The van der Waals surface area contributed by atoms with Gasteiger partial charge in [0, 0.05) is 38.4 Å². The molecule has 156 valence electrons. The van der Waals surface area contributed by atoms with Crippen LogP contribution in [0, 0.1) is 13.8 Å². The van der Waals surface area contributed by atoms with Crippen molar-refractivity contribution in [2.75, 3.05) is 31.1 Å². The van der Waals surface area contributed by atoms with Crippen LogP contribution in [0.3, 0.4) is 0 Å². The van der Waals surface area contributed by atoms with E-state index in [-0.39, 0.29) is 17.9 Å². The molecule has 2 aliphatic heterocycles. The summed E-state index contributed by atoms with van der Waals surface area (Å²) in [4.78, 5) is 36.8. The van der Waals surface area contributed by atoms with Crippen LogP contribution >= 0.6 is 0 Å². The Morgan fingerprint density at radius 2 is 1.60 bits per heavy atom. The lowest BCUT2D eigenvalue weighted by atomic mass is 9.97. The number of imide groups is 1. The van der Waals surface area contributed by atoms with Crippen molar-refractivity contribution in [2.24, 2.45) is 0 Å². The second kappa shape index (κ2) is 7.94. The van der Waals surface area contributed by atoms with Gasteiger partial charge >= 0.3 is 0 Å². The van der Waals surface area contributed by atoms with E-state index >= 15 is 0 Å². The molecule has 0 aliphatic carbocycles. The molecule has 1 fully saturated rings. The molecule has 0 bridgehead atoms. The number of benzene rings is 1. The van der Waals surface area contributed by atoms with Crippen molar-refractivity contribution in [3.05, 3.63) is 65.0 Å². The lowest BCUT2D eigenvalue weighted by Gasteiger charge is -2.37. The molecule has 1 aromatic heterocycles. The molecular weight excluding hydrogens is 376 g/mol. The fraction of sp³-hybridized carbons (Fsp3) is 0.375. The Labute approximate surface area is 177 Å². The van der Waals surface area contributed by atoms with Crippen molar-refractivity contribution in [1.82, 2.24) is 14.8 Å². The van der Waals surface area contributed by atoms with Crippen LogP contribution in [0.15, 0.2) is 48.3 Å². The van der Waals surface area contributed by atoms with Crippen LogP contribution in [0.1, 0.15) is 30.5 Å². The third-order valence-electron chi connectivity index (χ3n) is 5.83. The van der Waals surface area contributed by atoms with E-state index in [9.17, 15) is 9.59 Å². The van der Waals surface area contributed by atoms with E-state index in [4.69, 9.17) is 0 Å². The molecule has 0 saturated carbocycles. The van der Waals surface area contributed by atoms with E-state index in [1.807, 2.05) is 58.0 Å². The first-order chi connectivity index (χ1) is 14.4. The zero-order chi connectivity index (χ0) is 21.4. The van der Waals surface area contributed by atoms with Gasteiger partial charge in [0.15, 0.2) is 0 Å². The van der Waals surface area contributed by atoms with E-state index in [0.717, 1.165) is 35.6 Å². The average Bonchev–Trinajstić information content (AvgIpc) is 2.99. The maximum absolute atomic E-state index is 13.3. The number of nitrogens with zero attached hydrogens (tertiary/aromatic N) is 4. The van der Waals surface area contributed by atoms with Crippen molar-refractivity contribution < 1.29 is 9.59 Å². The summed E-state index contributed by atoms with van der Waals surface area (Å²) >= 11 is 0. The number of amides is 2. The highest BCUT2D eigenvalue weighted by molar-refractivity contribution is 6.35. The van der Waals surface area contributed by atoms with Gasteiger partial charge in [-0.1, -0.05) is 29.8 Å². The summed E-state index contributed by atoms with van der Waals surface area (Å²) in [6.07, 6.45) is 1.79. The summed E-state index contributed by atoms with van der Waals surface area (Å²) in [5.74, 6) is 0.568. The standard InChI is InChI=1S/C24H28N4O2/c1-16(2)28-23(29)21(19-9-8-17(3)15-18(19)4)22(24(28)30)27-13-11-26(12-14-27)20-7-5-6-10-25-20/h5-10,15-16H,11-14H2,1-4H3. The second-order valence-corrected chi connectivity index (χ2v) is 8.28. The van der Waals surface area contributed by atoms with E-state index < -0.39 is 0 Å². The van der Waals surface area contributed by atoms with Crippen LogP contribution < -0.4 is 4.90 Å². The van der Waals surface area contributed by atoms with Crippen LogP contribution in [0.5, 0.6) is 0 Å². The predicted molar refractivity (Wildman–Crippen MR) is 118 cm³/mol. The number of carbonyl (C=O) groups excluding carboxylic acids is 2. The zero-order valence-corrected chi connectivity index (χ0v) is 18.1. The van der Waals surface area contributed by atoms with E-state index in [2.05, 4.69) is 20.9 Å². The van der Waals surface area contributed by atoms with Gasteiger partial charge in [0.2, 0.25) is 0 Å². The Hall–Kier alpha value is -3.15. The second-order valence-electron chi connectivity index (χ2n) is 8.28. The summed E-state index contributed by atoms with van der Waals surface area (Å²) in [5.41, 5.74) is 4.09. The van der Waals surface area contributed by atoms with Gasteiger partial charge in [-0.25, -0.2) is 4.98 Å². The number of piperazine rings is 1. The average molecular weight is 405 g/mol. The molecule has 3 heterocycles. The van der Waals surface area contributed by atoms with E-state index in [1.54, 1.807) is 6.20 Å².